The Morgan fingerprint density at radius 3 is 2.56 bits per heavy atom. The molecule has 8 nitrogen and oxygen atoms in total. The number of benzene rings is 2. The molecule has 3 heterocycles. The van der Waals surface area contributed by atoms with E-state index in [4.69, 9.17) is 19.6 Å². The second-order valence-corrected chi connectivity index (χ2v) is 10.3. The van der Waals surface area contributed by atoms with Crippen LogP contribution in [0.3, 0.4) is 0 Å². The number of piperazine rings is 1. The van der Waals surface area contributed by atoms with E-state index in [-0.39, 0.29) is 11.9 Å². The van der Waals surface area contributed by atoms with Crippen molar-refractivity contribution in [2.45, 2.75) is 46.6 Å². The van der Waals surface area contributed by atoms with Gasteiger partial charge in [-0.25, -0.2) is 9.50 Å². The number of hydrogen-bond acceptors (Lipinski definition) is 6. The fourth-order valence-electron chi connectivity index (χ4n) is 5.59. The van der Waals surface area contributed by atoms with Crippen LogP contribution in [0.4, 0.5) is 5.69 Å². The summed E-state index contributed by atoms with van der Waals surface area (Å²) in [4.78, 5) is 22.5. The molecule has 1 atom stereocenters. The molecule has 0 saturated carbocycles. The van der Waals surface area contributed by atoms with Crippen molar-refractivity contribution in [1.82, 2.24) is 19.5 Å². The number of carbonyl (C=O) groups is 1. The Hall–Kier alpha value is -4.07. The fraction of sp³-hybridized carbons (Fsp3) is 0.387. The maximum atomic E-state index is 13.3. The van der Waals surface area contributed by atoms with Gasteiger partial charge in [0.1, 0.15) is 11.5 Å². The second kappa shape index (κ2) is 11.0. The number of hydrogen-bond donors (Lipinski definition) is 0. The van der Waals surface area contributed by atoms with E-state index in [1.807, 2.05) is 47.5 Å². The molecule has 204 valence electrons. The van der Waals surface area contributed by atoms with E-state index in [9.17, 15) is 4.79 Å². The van der Waals surface area contributed by atoms with Gasteiger partial charge in [-0.2, -0.15) is 5.10 Å². The van der Waals surface area contributed by atoms with Crippen LogP contribution in [0.25, 0.3) is 16.9 Å². The summed E-state index contributed by atoms with van der Waals surface area (Å²) in [5, 5.41) is 4.85. The minimum absolute atomic E-state index is 0.189. The maximum Gasteiger partial charge on any atom is 0.223 e. The Bertz CT molecular complexity index is 1510. The van der Waals surface area contributed by atoms with Crippen molar-refractivity contribution in [3.8, 4) is 22.8 Å². The first-order valence-corrected chi connectivity index (χ1v) is 13.5. The summed E-state index contributed by atoms with van der Waals surface area (Å²) in [6.45, 7) is 10.7. The first-order chi connectivity index (χ1) is 18.8. The zero-order valence-corrected chi connectivity index (χ0v) is 23.7. The summed E-state index contributed by atoms with van der Waals surface area (Å²) in [6.07, 6.45) is 1.08. The summed E-state index contributed by atoms with van der Waals surface area (Å²) >= 11 is 0. The van der Waals surface area contributed by atoms with E-state index in [2.05, 4.69) is 43.0 Å². The summed E-state index contributed by atoms with van der Waals surface area (Å²) < 4.78 is 12.8. The molecule has 0 spiro atoms. The number of aryl methyl sites for hydroxylation is 3. The molecule has 1 aliphatic heterocycles. The van der Waals surface area contributed by atoms with Crippen LogP contribution >= 0.6 is 0 Å². The molecule has 1 amide bonds. The lowest BCUT2D eigenvalue weighted by Gasteiger charge is -2.41. The number of carbonyl (C=O) groups excluding carboxylic acids is 1. The second-order valence-electron chi connectivity index (χ2n) is 10.3. The monoisotopic (exact) mass is 527 g/mol. The molecule has 2 aromatic carbocycles. The van der Waals surface area contributed by atoms with Crippen LogP contribution in [0.2, 0.25) is 0 Å². The lowest BCUT2D eigenvalue weighted by atomic mass is 10.0. The van der Waals surface area contributed by atoms with Crippen molar-refractivity contribution in [2.24, 2.45) is 0 Å². The molecule has 0 unspecified atom stereocenters. The van der Waals surface area contributed by atoms with Crippen LogP contribution in [-0.4, -0.2) is 65.3 Å². The summed E-state index contributed by atoms with van der Waals surface area (Å²) in [5.74, 6) is 1.60. The molecular formula is C31H37N5O3. The molecule has 0 N–H and O–H groups in total. The van der Waals surface area contributed by atoms with Crippen LogP contribution in [0, 0.1) is 20.8 Å². The van der Waals surface area contributed by atoms with Gasteiger partial charge in [0.2, 0.25) is 5.91 Å². The van der Waals surface area contributed by atoms with Crippen LogP contribution in [0.15, 0.2) is 48.5 Å². The molecule has 2 aromatic heterocycles. The number of nitrogens with zero attached hydrogens (tertiary/aromatic N) is 5. The normalized spacial score (nSPS) is 15.6. The van der Waals surface area contributed by atoms with E-state index >= 15 is 0 Å². The first kappa shape index (κ1) is 26.5. The molecule has 5 rings (SSSR count). The average Bonchev–Trinajstić information content (AvgIpc) is 3.36. The molecular weight excluding hydrogens is 490 g/mol. The molecule has 0 aliphatic carbocycles. The Morgan fingerprint density at radius 2 is 1.85 bits per heavy atom. The van der Waals surface area contributed by atoms with Gasteiger partial charge in [-0.1, -0.05) is 12.1 Å². The van der Waals surface area contributed by atoms with Gasteiger partial charge in [0.15, 0.2) is 5.65 Å². The highest BCUT2D eigenvalue weighted by molar-refractivity contribution is 5.77. The zero-order valence-electron chi connectivity index (χ0n) is 23.7. The number of rotatable bonds is 7. The highest BCUT2D eigenvalue weighted by Gasteiger charge is 2.27. The average molecular weight is 528 g/mol. The Labute approximate surface area is 230 Å². The van der Waals surface area contributed by atoms with E-state index in [1.165, 1.54) is 11.3 Å². The van der Waals surface area contributed by atoms with Gasteiger partial charge in [-0.3, -0.25) is 4.79 Å². The Morgan fingerprint density at radius 1 is 1.03 bits per heavy atom. The lowest BCUT2D eigenvalue weighted by molar-refractivity contribution is -0.131. The molecule has 1 aliphatic rings. The molecule has 39 heavy (non-hydrogen) atoms. The number of anilines is 1. The number of aromatic nitrogens is 3. The molecule has 1 saturated heterocycles. The van der Waals surface area contributed by atoms with Crippen LogP contribution in [0.5, 0.6) is 11.5 Å². The number of ether oxygens (including phenoxy) is 2. The standard InChI is InChI=1S/C31H37N5O3/c1-20-8-7-9-24(16-20)35-15-14-34(19-21(35)2)31(37)13-12-26-22(3)32-30-18-28(33-36(30)23(26)4)27-11-10-25(38-5)17-29(27)39-6/h7-11,16-18,21H,12-15,19H2,1-6H3/t21-/m0/s1. The highest BCUT2D eigenvalue weighted by Crippen LogP contribution is 2.33. The summed E-state index contributed by atoms with van der Waals surface area (Å²) in [6, 6.07) is 16.5. The van der Waals surface area contributed by atoms with E-state index in [0.717, 1.165) is 59.2 Å². The van der Waals surface area contributed by atoms with Gasteiger partial charge in [-0.15, -0.1) is 0 Å². The van der Waals surface area contributed by atoms with E-state index < -0.39 is 0 Å². The van der Waals surface area contributed by atoms with Crippen molar-refractivity contribution in [3.63, 3.8) is 0 Å². The number of amides is 1. The van der Waals surface area contributed by atoms with Crippen molar-refractivity contribution in [1.29, 1.82) is 0 Å². The summed E-state index contributed by atoms with van der Waals surface area (Å²) in [5.41, 5.74) is 7.90. The predicted octanol–water partition coefficient (Wildman–Crippen LogP) is 5.01. The largest absolute Gasteiger partial charge is 0.497 e. The first-order valence-electron chi connectivity index (χ1n) is 13.5. The third-order valence-electron chi connectivity index (χ3n) is 7.75. The highest BCUT2D eigenvalue weighted by atomic mass is 16.5. The molecule has 4 aromatic rings. The summed E-state index contributed by atoms with van der Waals surface area (Å²) in [7, 11) is 3.27. The van der Waals surface area contributed by atoms with Crippen molar-refractivity contribution in [3.05, 3.63) is 71.0 Å². The minimum atomic E-state index is 0.189. The lowest BCUT2D eigenvalue weighted by Crippen LogP contribution is -2.53. The Kier molecular flexibility index (Phi) is 7.46. The number of methoxy groups -OCH3 is 2. The molecule has 1 fully saturated rings. The van der Waals surface area contributed by atoms with Crippen LogP contribution in [-0.2, 0) is 11.2 Å². The van der Waals surface area contributed by atoms with Gasteiger partial charge in [0.05, 0.1) is 19.9 Å². The molecule has 8 heteroatoms. The van der Waals surface area contributed by atoms with Gasteiger partial charge in [-0.05, 0) is 69.5 Å². The minimum Gasteiger partial charge on any atom is -0.497 e. The van der Waals surface area contributed by atoms with Gasteiger partial charge < -0.3 is 19.3 Å². The van der Waals surface area contributed by atoms with Crippen molar-refractivity contribution < 1.29 is 14.3 Å². The maximum absolute atomic E-state index is 13.3. The van der Waals surface area contributed by atoms with Crippen LogP contribution < -0.4 is 14.4 Å². The topological polar surface area (TPSA) is 72.2 Å². The fourth-order valence-corrected chi connectivity index (χ4v) is 5.59. The zero-order chi connectivity index (χ0) is 27.7. The van der Waals surface area contributed by atoms with Gasteiger partial charge in [0.25, 0.3) is 0 Å². The smallest absolute Gasteiger partial charge is 0.223 e. The van der Waals surface area contributed by atoms with Gasteiger partial charge >= 0.3 is 0 Å². The molecule has 0 radical (unpaired) electrons. The quantitative estimate of drug-likeness (QED) is 0.337. The molecule has 0 bridgehead atoms. The Balaban J connectivity index is 1.30. The van der Waals surface area contributed by atoms with E-state index in [1.54, 1.807) is 14.2 Å². The van der Waals surface area contributed by atoms with Crippen molar-refractivity contribution >= 4 is 17.2 Å². The van der Waals surface area contributed by atoms with Gasteiger partial charge in [0, 0.05) is 66.9 Å². The third kappa shape index (κ3) is 5.28. The van der Waals surface area contributed by atoms with E-state index in [0.29, 0.717) is 18.6 Å². The predicted molar refractivity (Wildman–Crippen MR) is 154 cm³/mol. The third-order valence-corrected chi connectivity index (χ3v) is 7.75. The number of fused-ring (bicyclic) bond motifs is 1. The SMILES string of the molecule is COc1ccc(-c2cc3nc(C)c(CCC(=O)N4CCN(c5cccc(C)c5)[C@@H](C)C4)c(C)n3n2)c(OC)c1. The van der Waals surface area contributed by atoms with Crippen LogP contribution in [0.1, 0.15) is 35.9 Å². The van der Waals surface area contributed by atoms with Crippen molar-refractivity contribution in [2.75, 3.05) is 38.8 Å².